The summed E-state index contributed by atoms with van der Waals surface area (Å²) < 4.78 is 0. The monoisotopic (exact) mass is 358 g/mol. The van der Waals surface area contributed by atoms with Crippen LogP contribution in [0.3, 0.4) is 0 Å². The topological polar surface area (TPSA) is 70.6 Å². The number of piperazine rings is 1. The molecule has 27 heavy (non-hydrogen) atoms. The third-order valence-electron chi connectivity index (χ3n) is 5.41. The molecule has 3 aromatic rings. The lowest BCUT2D eigenvalue weighted by Crippen LogP contribution is -2.44. The van der Waals surface area contributed by atoms with Crippen molar-refractivity contribution in [1.82, 2.24) is 14.9 Å². The molecule has 0 radical (unpaired) electrons. The zero-order valence-electron chi connectivity index (χ0n) is 15.4. The highest BCUT2D eigenvalue weighted by atomic mass is 15.2. The zero-order chi connectivity index (χ0) is 18.4. The van der Waals surface area contributed by atoms with E-state index in [4.69, 9.17) is 10.7 Å². The predicted octanol–water partition coefficient (Wildman–Crippen LogP) is 2.59. The second-order valence-electron chi connectivity index (χ2n) is 7.34. The molecule has 2 aromatic heterocycles. The van der Waals surface area contributed by atoms with Crippen molar-refractivity contribution >= 4 is 28.2 Å². The Morgan fingerprint density at radius 2 is 1.81 bits per heavy atom. The second-order valence-corrected chi connectivity index (χ2v) is 7.34. The van der Waals surface area contributed by atoms with Crippen LogP contribution in [0.15, 0.2) is 47.6 Å². The molecule has 4 heterocycles. The molecule has 1 saturated heterocycles. The molecule has 0 saturated carbocycles. The fourth-order valence-corrected chi connectivity index (χ4v) is 3.76. The van der Waals surface area contributed by atoms with Crippen LogP contribution >= 0.6 is 0 Å². The number of anilines is 1. The maximum absolute atomic E-state index is 5.86. The van der Waals surface area contributed by atoms with Gasteiger partial charge in [0.2, 0.25) is 0 Å². The molecular weight excluding hydrogens is 336 g/mol. The number of nitrogens with two attached hydrogens (primary N) is 1. The maximum atomic E-state index is 5.86. The zero-order valence-corrected chi connectivity index (χ0v) is 15.4. The molecule has 2 N–H and O–H groups in total. The van der Waals surface area contributed by atoms with Crippen LogP contribution in [0, 0.1) is 0 Å². The van der Waals surface area contributed by atoms with Gasteiger partial charge in [0.1, 0.15) is 5.84 Å². The number of fused-ring (bicyclic) bond motifs is 2. The van der Waals surface area contributed by atoms with E-state index in [0.29, 0.717) is 5.84 Å². The van der Waals surface area contributed by atoms with Crippen molar-refractivity contribution in [3.63, 3.8) is 0 Å². The van der Waals surface area contributed by atoms with Gasteiger partial charge in [-0.15, -0.1) is 0 Å². The summed E-state index contributed by atoms with van der Waals surface area (Å²) in [5.74, 6) is 0.676. The van der Waals surface area contributed by atoms with E-state index < -0.39 is 0 Å². The standard InChI is InChI=1S/C21H22N6/c1-26-6-8-27(9-7-26)16-12-20-18(23-13-16)5-4-17(24-20)14-2-3-15-11-21(22)25-19(15)10-14/h2-5,10,12-13H,6-9,11H2,1H3,(H2,22,25). The van der Waals surface area contributed by atoms with Gasteiger partial charge in [0.25, 0.3) is 0 Å². The minimum Gasteiger partial charge on any atom is -0.387 e. The van der Waals surface area contributed by atoms with Crippen LogP contribution in [0.5, 0.6) is 0 Å². The minimum absolute atomic E-state index is 0.676. The van der Waals surface area contributed by atoms with Crippen molar-refractivity contribution in [2.75, 3.05) is 38.1 Å². The maximum Gasteiger partial charge on any atom is 0.104 e. The first-order valence-corrected chi connectivity index (χ1v) is 9.32. The fraction of sp³-hybridized carbons (Fsp3) is 0.286. The number of aromatic nitrogens is 2. The number of nitrogens with zero attached hydrogens (tertiary/aromatic N) is 5. The average Bonchev–Trinajstić information content (AvgIpc) is 3.07. The second kappa shape index (κ2) is 6.32. The number of likely N-dealkylation sites (N-methyl/N-ethyl adjacent to an activating group) is 1. The van der Waals surface area contributed by atoms with Crippen molar-refractivity contribution in [2.24, 2.45) is 10.7 Å². The van der Waals surface area contributed by atoms with Crippen LogP contribution in [0.2, 0.25) is 0 Å². The highest BCUT2D eigenvalue weighted by molar-refractivity contribution is 5.92. The third-order valence-corrected chi connectivity index (χ3v) is 5.41. The van der Waals surface area contributed by atoms with E-state index in [2.05, 4.69) is 51.1 Å². The molecule has 0 aliphatic carbocycles. The van der Waals surface area contributed by atoms with Gasteiger partial charge in [0.05, 0.1) is 34.3 Å². The van der Waals surface area contributed by atoms with Crippen molar-refractivity contribution in [1.29, 1.82) is 0 Å². The number of pyridine rings is 2. The summed E-state index contributed by atoms with van der Waals surface area (Å²) in [4.78, 5) is 18.7. The van der Waals surface area contributed by atoms with E-state index in [1.54, 1.807) is 0 Å². The average molecular weight is 358 g/mol. The number of amidine groups is 1. The van der Waals surface area contributed by atoms with Crippen LogP contribution in [-0.4, -0.2) is 53.9 Å². The van der Waals surface area contributed by atoms with E-state index in [1.807, 2.05) is 18.3 Å². The lowest BCUT2D eigenvalue weighted by atomic mass is 10.1. The van der Waals surface area contributed by atoms with Crippen LogP contribution in [0.25, 0.3) is 22.3 Å². The Morgan fingerprint density at radius 3 is 2.67 bits per heavy atom. The van der Waals surface area contributed by atoms with E-state index in [-0.39, 0.29) is 0 Å². The first-order valence-electron chi connectivity index (χ1n) is 9.32. The summed E-state index contributed by atoms with van der Waals surface area (Å²) >= 11 is 0. The van der Waals surface area contributed by atoms with Crippen molar-refractivity contribution in [3.05, 3.63) is 48.2 Å². The Balaban J connectivity index is 1.50. The first kappa shape index (κ1) is 16.2. The molecule has 0 spiro atoms. The molecular formula is C21H22N6. The van der Waals surface area contributed by atoms with Crippen LogP contribution in [0.1, 0.15) is 5.56 Å². The number of aliphatic imine (C=N–C) groups is 1. The molecule has 2 aliphatic rings. The summed E-state index contributed by atoms with van der Waals surface area (Å²) in [5.41, 5.74) is 13.0. The van der Waals surface area contributed by atoms with E-state index in [0.717, 1.165) is 66.3 Å². The van der Waals surface area contributed by atoms with E-state index >= 15 is 0 Å². The molecule has 0 atom stereocenters. The SMILES string of the molecule is CN1CCN(c2cnc3ccc(-c4ccc5c(c4)N=C(N)C5)nc3c2)CC1. The van der Waals surface area contributed by atoms with Gasteiger partial charge in [-0.2, -0.15) is 0 Å². The van der Waals surface area contributed by atoms with Gasteiger partial charge in [-0.05, 0) is 36.9 Å². The fourth-order valence-electron chi connectivity index (χ4n) is 3.76. The van der Waals surface area contributed by atoms with Gasteiger partial charge in [-0.3, -0.25) is 4.98 Å². The molecule has 1 aromatic carbocycles. The lowest BCUT2D eigenvalue weighted by molar-refractivity contribution is 0.313. The number of benzene rings is 1. The van der Waals surface area contributed by atoms with Gasteiger partial charge in [-0.25, -0.2) is 9.98 Å². The third kappa shape index (κ3) is 3.02. The molecule has 2 aliphatic heterocycles. The molecule has 6 nitrogen and oxygen atoms in total. The van der Waals surface area contributed by atoms with Crippen molar-refractivity contribution in [2.45, 2.75) is 6.42 Å². The molecule has 6 heteroatoms. The van der Waals surface area contributed by atoms with Gasteiger partial charge in [-0.1, -0.05) is 12.1 Å². The van der Waals surface area contributed by atoms with Crippen LogP contribution in [0.4, 0.5) is 11.4 Å². The highest BCUT2D eigenvalue weighted by Crippen LogP contribution is 2.31. The predicted molar refractivity (Wildman–Crippen MR) is 110 cm³/mol. The summed E-state index contributed by atoms with van der Waals surface area (Å²) in [6.07, 6.45) is 2.70. The summed E-state index contributed by atoms with van der Waals surface area (Å²) in [6, 6.07) is 12.5. The molecule has 0 bridgehead atoms. The number of hydrogen-bond donors (Lipinski definition) is 1. The smallest absolute Gasteiger partial charge is 0.104 e. The van der Waals surface area contributed by atoms with E-state index in [1.165, 1.54) is 5.56 Å². The molecule has 136 valence electrons. The van der Waals surface area contributed by atoms with Gasteiger partial charge in [0, 0.05) is 38.2 Å². The Bertz CT molecular complexity index is 1050. The van der Waals surface area contributed by atoms with Crippen LogP contribution in [-0.2, 0) is 6.42 Å². The summed E-state index contributed by atoms with van der Waals surface area (Å²) in [7, 11) is 2.16. The summed E-state index contributed by atoms with van der Waals surface area (Å²) in [5, 5.41) is 0. The Morgan fingerprint density at radius 1 is 0.963 bits per heavy atom. The van der Waals surface area contributed by atoms with Crippen molar-refractivity contribution < 1.29 is 0 Å². The van der Waals surface area contributed by atoms with Gasteiger partial charge in [0.15, 0.2) is 0 Å². The number of hydrogen-bond acceptors (Lipinski definition) is 6. The Kier molecular flexibility index (Phi) is 3.79. The molecule has 0 amide bonds. The van der Waals surface area contributed by atoms with E-state index in [9.17, 15) is 0 Å². The Labute approximate surface area is 158 Å². The molecule has 0 unspecified atom stereocenters. The highest BCUT2D eigenvalue weighted by Gasteiger charge is 2.16. The van der Waals surface area contributed by atoms with Gasteiger partial charge < -0.3 is 15.5 Å². The quantitative estimate of drug-likeness (QED) is 0.762. The lowest BCUT2D eigenvalue weighted by Gasteiger charge is -2.33. The number of rotatable bonds is 2. The van der Waals surface area contributed by atoms with Gasteiger partial charge >= 0.3 is 0 Å². The van der Waals surface area contributed by atoms with Crippen molar-refractivity contribution in [3.8, 4) is 11.3 Å². The minimum atomic E-state index is 0.676. The molecule has 1 fully saturated rings. The Hall–Kier alpha value is -2.99. The largest absolute Gasteiger partial charge is 0.387 e. The first-order chi connectivity index (χ1) is 13.2. The molecule has 5 rings (SSSR count). The normalized spacial score (nSPS) is 17.2. The van der Waals surface area contributed by atoms with Crippen LogP contribution < -0.4 is 10.6 Å². The summed E-state index contributed by atoms with van der Waals surface area (Å²) in [6.45, 7) is 4.19.